The average molecular weight is 1880 g/mol. The topological polar surface area (TPSA) is 251 Å². The maximum Gasteiger partial charge on any atom is 0.339 e. The molecule has 0 radical (unpaired) electrons. The largest absolute Gasteiger partial charge is 0.378 e. The molecular formula is C84H86Br4N10O12S4. The third kappa shape index (κ3) is 20.6. The molecule has 0 aliphatic heterocycles. The van der Waals surface area contributed by atoms with Crippen LogP contribution in [-0.4, -0.2) is 122 Å². The molecule has 0 spiro atoms. The highest BCUT2D eigenvalue weighted by molar-refractivity contribution is 9.11. The number of aryl methyl sites for hydroxylation is 8. The number of halogens is 4. The molecule has 30 heteroatoms. The van der Waals surface area contributed by atoms with E-state index in [0.29, 0.717) is 107 Å². The lowest BCUT2D eigenvalue weighted by molar-refractivity contribution is 0.246. The molecule has 0 N–H and O–H groups in total. The van der Waals surface area contributed by atoms with Crippen LogP contribution in [0.2, 0.25) is 0 Å². The van der Waals surface area contributed by atoms with Crippen molar-refractivity contribution in [3.8, 4) is 23.0 Å². The molecule has 8 aromatic carbocycles. The van der Waals surface area contributed by atoms with E-state index in [1.807, 2.05) is 123 Å². The molecule has 22 nitrogen and oxygen atoms in total. The Morgan fingerprint density at radius 1 is 0.298 bits per heavy atom. The Labute approximate surface area is 700 Å². The van der Waals surface area contributed by atoms with E-state index in [0.717, 1.165) is 45.6 Å². The van der Waals surface area contributed by atoms with Crippen LogP contribution in [0.5, 0.6) is 23.0 Å². The molecule has 114 heavy (non-hydrogen) atoms. The standard InChI is InChI=1S/C84H86Br4N10O12S4/c1-55-43-59(5)95(89-55)39-35-93(36-40-96-60(6)44-56(2)90-96)33-31-63-47-69-51-65-11-9-13-67(81(65)107-111(99,100)77-23-15-73(85)16-24-77)53-71-49-64(32-34-94(37-41-97-61(7)45-57(3)91-97)38-42-98-62(8)46-58(4)92-98)50-72(84(71)110-114(105,106)80-29-21-76(88)22-30-80)54-68-14-10-12-66(82(68)108-112(101,102)78-25-17-74(86)18-26-78)52-70(48-63)83(69)109-113(103,104)79-27-19-75(87)20-28-79/h9-30,43-50H,31-42,51-54H2,1-8H3. The zero-order chi connectivity index (χ0) is 81.0. The quantitative estimate of drug-likeness (QED) is 0.0379. The molecule has 8 bridgehead atoms. The van der Waals surface area contributed by atoms with Gasteiger partial charge in [0.15, 0.2) is 0 Å². The molecular weight excluding hydrogens is 1790 g/mol. The van der Waals surface area contributed by atoms with Gasteiger partial charge in [0, 0.05) is 150 Å². The summed E-state index contributed by atoms with van der Waals surface area (Å²) in [5.74, 6) is -0.511. The summed E-state index contributed by atoms with van der Waals surface area (Å²) in [6, 6.07) is 49.8. The second kappa shape index (κ2) is 35.5. The Kier molecular flexibility index (Phi) is 26.0. The molecule has 4 aromatic heterocycles. The number of rotatable bonds is 30. The minimum Gasteiger partial charge on any atom is -0.378 e. The first-order valence-electron chi connectivity index (χ1n) is 37.1. The van der Waals surface area contributed by atoms with Crippen molar-refractivity contribution in [1.29, 1.82) is 0 Å². The Bertz CT molecular complexity index is 5460. The van der Waals surface area contributed by atoms with E-state index in [4.69, 9.17) is 37.1 Å². The lowest BCUT2D eigenvalue weighted by Gasteiger charge is -2.25. The van der Waals surface area contributed by atoms with E-state index in [1.165, 1.54) is 48.5 Å². The first-order valence-corrected chi connectivity index (χ1v) is 45.9. The molecule has 1 aliphatic rings. The second-order valence-electron chi connectivity index (χ2n) is 28.8. The van der Waals surface area contributed by atoms with Gasteiger partial charge in [0.2, 0.25) is 0 Å². The van der Waals surface area contributed by atoms with Crippen molar-refractivity contribution >= 4 is 104 Å². The van der Waals surface area contributed by atoms with Crippen molar-refractivity contribution in [2.45, 2.75) is 140 Å². The zero-order valence-corrected chi connectivity index (χ0v) is 73.8. The highest BCUT2D eigenvalue weighted by Crippen LogP contribution is 2.43. The van der Waals surface area contributed by atoms with Gasteiger partial charge in [-0.2, -0.15) is 54.1 Å². The van der Waals surface area contributed by atoms with Gasteiger partial charge in [0.1, 0.15) is 42.6 Å². The normalized spacial score (nSPS) is 12.8. The molecule has 0 amide bonds. The maximum atomic E-state index is 15.3. The molecule has 0 saturated heterocycles. The molecule has 0 saturated carbocycles. The Morgan fingerprint density at radius 2 is 0.509 bits per heavy atom. The fourth-order valence-corrected chi connectivity index (χ4v) is 19.4. The summed E-state index contributed by atoms with van der Waals surface area (Å²) in [5.41, 5.74) is 11.2. The highest BCUT2D eigenvalue weighted by Gasteiger charge is 2.32. The van der Waals surface area contributed by atoms with Crippen molar-refractivity contribution in [1.82, 2.24) is 48.9 Å². The number of hydrogen-bond donors (Lipinski definition) is 0. The Balaban J connectivity index is 1.04. The smallest absolute Gasteiger partial charge is 0.339 e. The van der Waals surface area contributed by atoms with E-state index in [1.54, 1.807) is 84.9 Å². The van der Waals surface area contributed by atoms with Crippen molar-refractivity contribution in [3.05, 3.63) is 301 Å². The van der Waals surface area contributed by atoms with Crippen LogP contribution in [0, 0.1) is 55.4 Å². The van der Waals surface area contributed by atoms with Gasteiger partial charge in [0.25, 0.3) is 0 Å². The average Bonchev–Trinajstić information content (AvgIpc) is 0.842. The van der Waals surface area contributed by atoms with Crippen LogP contribution in [0.4, 0.5) is 0 Å². The van der Waals surface area contributed by atoms with Crippen molar-refractivity contribution in [2.24, 2.45) is 0 Å². The summed E-state index contributed by atoms with van der Waals surface area (Å²) in [6.45, 7) is 21.4. The van der Waals surface area contributed by atoms with Gasteiger partial charge in [-0.3, -0.25) is 28.5 Å². The highest BCUT2D eigenvalue weighted by atomic mass is 79.9. The lowest BCUT2D eigenvalue weighted by Crippen LogP contribution is -2.33. The van der Waals surface area contributed by atoms with E-state index in [9.17, 15) is 0 Å². The predicted octanol–water partition coefficient (Wildman–Crippen LogP) is 16.2. The molecule has 0 fully saturated rings. The fraction of sp³-hybridized carbons (Fsp3) is 0.286. The molecule has 13 rings (SSSR count). The van der Waals surface area contributed by atoms with Crippen LogP contribution in [-0.2, 0) is 105 Å². The van der Waals surface area contributed by atoms with Crippen LogP contribution in [0.25, 0.3) is 0 Å². The fourth-order valence-electron chi connectivity index (χ4n) is 14.4. The minimum atomic E-state index is -4.76. The number of nitrogens with zero attached hydrogens (tertiary/aromatic N) is 10. The Hall–Kier alpha value is -8.56. The van der Waals surface area contributed by atoms with E-state index < -0.39 is 40.5 Å². The molecule has 1 aliphatic carbocycles. The predicted molar refractivity (Wildman–Crippen MR) is 452 cm³/mol. The SMILES string of the molecule is Cc1cc(C)n(CCN(CCc2cc3c(OS(=O)(=O)c4ccc(Br)cc4)c(c2)Cc2cccc(c2OS(=O)(=O)c2ccc(Br)cc2)Cc2cc(CCN(CCn4nc(C)cc4C)CCn4nc(C)cc4C)cc(c2OS(=O)(=O)c2ccc(Br)cc2)Cc2cccc(c2OS(=O)(=O)c2ccc(Br)cc2)C3)CCn2nc(C)cc2C)n1. The van der Waals surface area contributed by atoms with Gasteiger partial charge in [-0.15, -0.1) is 0 Å². The van der Waals surface area contributed by atoms with Gasteiger partial charge < -0.3 is 16.7 Å². The van der Waals surface area contributed by atoms with E-state index in [2.05, 4.69) is 73.5 Å². The van der Waals surface area contributed by atoms with Crippen LogP contribution >= 0.6 is 63.7 Å². The minimum absolute atomic E-state index is 0.124. The van der Waals surface area contributed by atoms with Crippen LogP contribution in [0.15, 0.2) is 219 Å². The summed E-state index contributed by atoms with van der Waals surface area (Å²) < 4.78 is 159. The summed E-state index contributed by atoms with van der Waals surface area (Å²) in [7, 11) is -19.0. The van der Waals surface area contributed by atoms with Gasteiger partial charge in [0.05, 0.1) is 49.0 Å². The van der Waals surface area contributed by atoms with E-state index >= 15 is 33.7 Å². The monoisotopic (exact) mass is 1870 g/mol. The first kappa shape index (κ1) is 83.4. The number of benzene rings is 8. The first-order chi connectivity index (χ1) is 54.3. The number of aromatic nitrogens is 8. The number of hydrogen-bond acceptors (Lipinski definition) is 18. The van der Waals surface area contributed by atoms with Crippen molar-refractivity contribution in [2.75, 3.05) is 39.3 Å². The zero-order valence-electron chi connectivity index (χ0n) is 64.2. The second-order valence-corrected chi connectivity index (χ2v) is 38.6. The van der Waals surface area contributed by atoms with Gasteiger partial charge in [-0.1, -0.05) is 124 Å². The molecule has 12 aromatic rings. The summed E-state index contributed by atoms with van der Waals surface area (Å²) in [6.07, 6.45) is -0.254. The summed E-state index contributed by atoms with van der Waals surface area (Å²) in [4.78, 5) is 3.92. The lowest BCUT2D eigenvalue weighted by atomic mass is 9.89. The number of para-hydroxylation sites is 2. The van der Waals surface area contributed by atoms with Crippen LogP contribution in [0.3, 0.4) is 0 Å². The van der Waals surface area contributed by atoms with Crippen molar-refractivity contribution in [3.63, 3.8) is 0 Å². The maximum absolute atomic E-state index is 15.3. The van der Waals surface area contributed by atoms with E-state index in [-0.39, 0.29) is 113 Å². The Morgan fingerprint density at radius 3 is 0.711 bits per heavy atom. The van der Waals surface area contributed by atoms with Gasteiger partial charge in [-0.25, -0.2) is 0 Å². The van der Waals surface area contributed by atoms with Gasteiger partial charge in [-0.05, 0) is 201 Å². The number of fused-ring (bicyclic) bond motifs is 8. The van der Waals surface area contributed by atoms with Gasteiger partial charge >= 0.3 is 40.5 Å². The summed E-state index contributed by atoms with van der Waals surface area (Å²) >= 11 is 13.8. The third-order valence-electron chi connectivity index (χ3n) is 20.0. The molecule has 0 unspecified atom stereocenters. The van der Waals surface area contributed by atoms with Crippen LogP contribution < -0.4 is 16.7 Å². The third-order valence-corrected chi connectivity index (χ3v) is 27.1. The van der Waals surface area contributed by atoms with Crippen molar-refractivity contribution < 1.29 is 50.4 Å². The van der Waals surface area contributed by atoms with Crippen LogP contribution in [0.1, 0.15) is 101 Å². The molecule has 0 atom stereocenters. The molecule has 4 heterocycles. The molecule has 596 valence electrons. The summed E-state index contributed by atoms with van der Waals surface area (Å²) in [5, 5.41) is 19.2.